The molecule has 27 heavy (non-hydrogen) atoms. The van der Waals surface area contributed by atoms with Crippen LogP contribution in [0.25, 0.3) is 11.3 Å². The first-order valence-corrected chi connectivity index (χ1v) is 8.21. The van der Waals surface area contributed by atoms with E-state index >= 15 is 0 Å². The third-order valence-corrected chi connectivity index (χ3v) is 3.77. The number of rotatable bonds is 6. The van der Waals surface area contributed by atoms with Crippen LogP contribution < -0.4 is 15.8 Å². The van der Waals surface area contributed by atoms with Crippen molar-refractivity contribution in [1.82, 2.24) is 0 Å². The number of amides is 2. The first-order chi connectivity index (χ1) is 13.0. The van der Waals surface area contributed by atoms with Crippen molar-refractivity contribution in [2.24, 2.45) is 5.73 Å². The lowest BCUT2D eigenvalue weighted by Gasteiger charge is -2.10. The Morgan fingerprint density at radius 3 is 2.52 bits per heavy atom. The first-order valence-electron chi connectivity index (χ1n) is 8.21. The zero-order chi connectivity index (χ0) is 19.4. The molecule has 1 heterocycles. The molecule has 0 unspecified atom stereocenters. The fourth-order valence-corrected chi connectivity index (χ4v) is 2.51. The van der Waals surface area contributed by atoms with Crippen LogP contribution in [0.15, 0.2) is 59.0 Å². The Kier molecular flexibility index (Phi) is 5.21. The zero-order valence-corrected chi connectivity index (χ0v) is 14.5. The summed E-state index contributed by atoms with van der Waals surface area (Å²) >= 11 is 0. The van der Waals surface area contributed by atoms with Crippen LogP contribution >= 0.6 is 0 Å². The summed E-state index contributed by atoms with van der Waals surface area (Å²) in [5.74, 6) is -0.674. The van der Waals surface area contributed by atoms with E-state index in [1.807, 2.05) is 6.92 Å². The number of benzene rings is 2. The summed E-state index contributed by atoms with van der Waals surface area (Å²) in [7, 11) is 0. The minimum absolute atomic E-state index is 0.0404. The van der Waals surface area contributed by atoms with Gasteiger partial charge in [0.05, 0.1) is 17.9 Å². The molecule has 0 aliphatic rings. The molecule has 2 amide bonds. The summed E-state index contributed by atoms with van der Waals surface area (Å²) in [6.07, 6.45) is 0. The molecule has 3 rings (SSSR count). The van der Waals surface area contributed by atoms with Crippen LogP contribution in [0.3, 0.4) is 0 Å². The number of anilines is 1. The van der Waals surface area contributed by atoms with Crippen molar-refractivity contribution in [1.29, 1.82) is 0 Å². The lowest BCUT2D eigenvalue weighted by molar-refractivity contribution is 0.0997. The van der Waals surface area contributed by atoms with Gasteiger partial charge in [-0.25, -0.2) is 4.39 Å². The number of primary amides is 1. The number of hydrogen-bond donors (Lipinski definition) is 2. The summed E-state index contributed by atoms with van der Waals surface area (Å²) in [6, 6.07) is 13.4. The minimum Gasteiger partial charge on any atom is -0.494 e. The van der Waals surface area contributed by atoms with Gasteiger partial charge >= 0.3 is 0 Å². The van der Waals surface area contributed by atoms with Crippen molar-refractivity contribution in [3.63, 3.8) is 0 Å². The monoisotopic (exact) mass is 368 g/mol. The molecule has 138 valence electrons. The van der Waals surface area contributed by atoms with Crippen LogP contribution in [0.5, 0.6) is 5.75 Å². The van der Waals surface area contributed by atoms with E-state index in [-0.39, 0.29) is 22.8 Å². The highest BCUT2D eigenvalue weighted by Crippen LogP contribution is 2.25. The second-order valence-corrected chi connectivity index (χ2v) is 5.63. The molecule has 0 atom stereocenters. The molecular formula is C20H17FN2O4. The highest BCUT2D eigenvalue weighted by Gasteiger charge is 2.17. The third-order valence-electron chi connectivity index (χ3n) is 3.77. The lowest BCUT2D eigenvalue weighted by Crippen LogP contribution is -2.18. The Bertz CT molecular complexity index is 980. The fourth-order valence-electron chi connectivity index (χ4n) is 2.51. The quantitative estimate of drug-likeness (QED) is 0.691. The average Bonchev–Trinajstić information content (AvgIpc) is 3.14. The van der Waals surface area contributed by atoms with Crippen molar-refractivity contribution in [2.75, 3.05) is 11.9 Å². The first kappa shape index (κ1) is 18.2. The molecule has 3 aromatic rings. The van der Waals surface area contributed by atoms with Crippen molar-refractivity contribution in [3.8, 4) is 17.1 Å². The van der Waals surface area contributed by atoms with Crippen LogP contribution in [0.2, 0.25) is 0 Å². The van der Waals surface area contributed by atoms with Crippen LogP contribution in [-0.4, -0.2) is 18.4 Å². The summed E-state index contributed by atoms with van der Waals surface area (Å²) in [4.78, 5) is 24.1. The van der Waals surface area contributed by atoms with Gasteiger partial charge in [0.15, 0.2) is 5.76 Å². The number of carbonyl (C=O) groups excluding carboxylic acids is 2. The highest BCUT2D eigenvalue weighted by molar-refractivity contribution is 6.07. The number of furan rings is 1. The second-order valence-electron chi connectivity index (χ2n) is 5.63. The topological polar surface area (TPSA) is 94.6 Å². The predicted octanol–water partition coefficient (Wildman–Crippen LogP) is 3.84. The summed E-state index contributed by atoms with van der Waals surface area (Å²) in [6.45, 7) is 2.25. The third kappa shape index (κ3) is 4.14. The molecule has 0 spiro atoms. The van der Waals surface area contributed by atoms with Gasteiger partial charge in [-0.15, -0.1) is 0 Å². The number of hydrogen-bond acceptors (Lipinski definition) is 4. The van der Waals surface area contributed by atoms with Crippen molar-refractivity contribution >= 4 is 17.5 Å². The fraction of sp³-hybridized carbons (Fsp3) is 0.100. The highest BCUT2D eigenvalue weighted by atomic mass is 19.1. The van der Waals surface area contributed by atoms with Gasteiger partial charge < -0.3 is 20.2 Å². The molecular weight excluding hydrogens is 351 g/mol. The molecule has 7 heteroatoms. The molecule has 0 bridgehead atoms. The van der Waals surface area contributed by atoms with Crippen molar-refractivity contribution < 1.29 is 23.1 Å². The number of nitrogens with one attached hydrogen (secondary N) is 1. The van der Waals surface area contributed by atoms with Gasteiger partial charge in [0.1, 0.15) is 17.3 Å². The minimum atomic E-state index is -0.696. The maximum Gasteiger partial charge on any atom is 0.291 e. The Morgan fingerprint density at radius 2 is 1.85 bits per heavy atom. The van der Waals surface area contributed by atoms with Gasteiger partial charge in [-0.05, 0) is 61.5 Å². The van der Waals surface area contributed by atoms with E-state index in [0.29, 0.717) is 23.7 Å². The van der Waals surface area contributed by atoms with Crippen molar-refractivity contribution in [3.05, 3.63) is 71.7 Å². The summed E-state index contributed by atoms with van der Waals surface area (Å²) in [5, 5.41) is 2.60. The molecule has 2 aromatic carbocycles. The Hall–Kier alpha value is -3.61. The molecule has 0 radical (unpaired) electrons. The molecule has 3 N–H and O–H groups in total. The van der Waals surface area contributed by atoms with Crippen molar-refractivity contribution in [2.45, 2.75) is 6.92 Å². The summed E-state index contributed by atoms with van der Waals surface area (Å²) in [5.41, 5.74) is 6.39. The maximum absolute atomic E-state index is 13.0. The van der Waals surface area contributed by atoms with Gasteiger partial charge in [0.25, 0.3) is 11.8 Å². The van der Waals surface area contributed by atoms with Crippen LogP contribution in [0.4, 0.5) is 10.1 Å². The number of carbonyl (C=O) groups is 2. The normalized spacial score (nSPS) is 10.4. The molecule has 0 fully saturated rings. The Labute approximate surface area is 154 Å². The molecule has 6 nitrogen and oxygen atoms in total. The van der Waals surface area contributed by atoms with Gasteiger partial charge in [-0.1, -0.05) is 0 Å². The van der Waals surface area contributed by atoms with Crippen LogP contribution in [0, 0.1) is 5.82 Å². The van der Waals surface area contributed by atoms with E-state index in [1.54, 1.807) is 24.3 Å². The standard InChI is InChI=1S/C20H17FN2O4/c1-2-26-14-7-8-16(15(11-14)19(22)24)23-20(25)18-10-9-17(27-18)12-3-5-13(21)6-4-12/h3-11H,2H2,1H3,(H2,22,24)(H,23,25). The van der Waals surface area contributed by atoms with E-state index in [9.17, 15) is 14.0 Å². The second kappa shape index (κ2) is 7.74. The van der Waals surface area contributed by atoms with Gasteiger partial charge in [0.2, 0.25) is 0 Å². The van der Waals surface area contributed by atoms with Gasteiger partial charge in [-0.2, -0.15) is 0 Å². The Morgan fingerprint density at radius 1 is 1.11 bits per heavy atom. The van der Waals surface area contributed by atoms with Crippen LogP contribution in [0.1, 0.15) is 27.8 Å². The van der Waals surface area contributed by atoms with E-state index in [0.717, 1.165) is 0 Å². The number of nitrogens with two attached hydrogens (primary N) is 1. The Balaban J connectivity index is 1.81. The van der Waals surface area contributed by atoms with Crippen LogP contribution in [-0.2, 0) is 0 Å². The van der Waals surface area contributed by atoms with E-state index in [2.05, 4.69) is 5.32 Å². The van der Waals surface area contributed by atoms with E-state index < -0.39 is 11.8 Å². The SMILES string of the molecule is CCOc1ccc(NC(=O)c2ccc(-c3ccc(F)cc3)o2)c(C(N)=O)c1. The molecule has 0 aliphatic carbocycles. The number of halogens is 1. The lowest BCUT2D eigenvalue weighted by atomic mass is 10.1. The average molecular weight is 368 g/mol. The molecule has 0 saturated carbocycles. The molecule has 0 aliphatic heterocycles. The summed E-state index contributed by atoms with van der Waals surface area (Å²) < 4.78 is 23.9. The van der Waals surface area contributed by atoms with Gasteiger partial charge in [-0.3, -0.25) is 9.59 Å². The smallest absolute Gasteiger partial charge is 0.291 e. The predicted molar refractivity (Wildman–Crippen MR) is 98.2 cm³/mol. The zero-order valence-electron chi connectivity index (χ0n) is 14.5. The molecule has 1 aromatic heterocycles. The van der Waals surface area contributed by atoms with E-state index in [1.165, 1.54) is 30.3 Å². The van der Waals surface area contributed by atoms with Gasteiger partial charge in [0, 0.05) is 5.56 Å². The maximum atomic E-state index is 13.0. The number of ether oxygens (including phenoxy) is 1. The van der Waals surface area contributed by atoms with E-state index in [4.69, 9.17) is 14.9 Å². The largest absolute Gasteiger partial charge is 0.494 e. The molecule has 0 saturated heterocycles.